The molecular weight excluding hydrogens is 248 g/mol. The normalized spacial score (nSPS) is 14.9. The van der Waals surface area contributed by atoms with Crippen LogP contribution in [0.15, 0.2) is 29.8 Å². The van der Waals surface area contributed by atoms with E-state index in [0.29, 0.717) is 6.54 Å². The molecule has 19 heavy (non-hydrogen) atoms. The van der Waals surface area contributed by atoms with Gasteiger partial charge in [-0.05, 0) is 44.2 Å². The lowest BCUT2D eigenvalue weighted by atomic mass is 9.97. The zero-order chi connectivity index (χ0) is 13.7. The van der Waals surface area contributed by atoms with E-state index in [4.69, 9.17) is 0 Å². The van der Waals surface area contributed by atoms with E-state index < -0.39 is 17.5 Å². The molecule has 0 bridgehead atoms. The molecule has 0 unspecified atom stereocenters. The van der Waals surface area contributed by atoms with E-state index in [9.17, 15) is 13.6 Å². The van der Waals surface area contributed by atoms with E-state index in [1.807, 2.05) is 0 Å². The molecule has 1 aliphatic rings. The first-order valence-corrected chi connectivity index (χ1v) is 6.58. The third-order valence-corrected chi connectivity index (χ3v) is 3.31. The summed E-state index contributed by atoms with van der Waals surface area (Å²) in [6.07, 6.45) is 7.58. The van der Waals surface area contributed by atoms with Gasteiger partial charge in [-0.1, -0.05) is 17.7 Å². The van der Waals surface area contributed by atoms with Gasteiger partial charge in [0.25, 0.3) is 5.91 Å². The molecule has 4 heteroatoms. The van der Waals surface area contributed by atoms with Crippen LogP contribution in [-0.2, 0) is 0 Å². The Balaban J connectivity index is 1.87. The third-order valence-electron chi connectivity index (χ3n) is 3.31. The number of hydrogen-bond donors (Lipinski definition) is 1. The molecule has 0 atom stereocenters. The van der Waals surface area contributed by atoms with Gasteiger partial charge in [0.2, 0.25) is 0 Å². The van der Waals surface area contributed by atoms with Crippen molar-refractivity contribution in [1.82, 2.24) is 5.32 Å². The second-order valence-electron chi connectivity index (χ2n) is 4.72. The first kappa shape index (κ1) is 13.7. The number of carbonyl (C=O) groups excluding carboxylic acids is 1. The first-order chi connectivity index (χ1) is 9.18. The highest BCUT2D eigenvalue weighted by molar-refractivity contribution is 5.94. The highest BCUT2D eigenvalue weighted by Crippen LogP contribution is 2.19. The van der Waals surface area contributed by atoms with Crippen molar-refractivity contribution < 1.29 is 13.6 Å². The van der Waals surface area contributed by atoms with Crippen LogP contribution >= 0.6 is 0 Å². The number of amides is 1. The molecule has 2 rings (SSSR count). The van der Waals surface area contributed by atoms with Crippen molar-refractivity contribution in [3.8, 4) is 0 Å². The van der Waals surface area contributed by atoms with Gasteiger partial charge in [-0.3, -0.25) is 4.79 Å². The SMILES string of the molecule is O=C(NCCC1=CCCCC1)c1cccc(F)c1F. The summed E-state index contributed by atoms with van der Waals surface area (Å²) in [5.41, 5.74) is 1.10. The van der Waals surface area contributed by atoms with Gasteiger partial charge in [0.1, 0.15) is 0 Å². The molecule has 1 aromatic carbocycles. The average Bonchev–Trinajstić information content (AvgIpc) is 2.43. The van der Waals surface area contributed by atoms with E-state index in [1.165, 1.54) is 30.5 Å². The molecule has 2 nitrogen and oxygen atoms in total. The quantitative estimate of drug-likeness (QED) is 0.828. The highest BCUT2D eigenvalue weighted by atomic mass is 19.2. The van der Waals surface area contributed by atoms with Crippen LogP contribution < -0.4 is 5.32 Å². The van der Waals surface area contributed by atoms with Gasteiger partial charge in [-0.25, -0.2) is 8.78 Å². The lowest BCUT2D eigenvalue weighted by Crippen LogP contribution is -2.26. The summed E-state index contributed by atoms with van der Waals surface area (Å²) in [5.74, 6) is -2.65. The Morgan fingerprint density at radius 2 is 2.11 bits per heavy atom. The number of allylic oxidation sites excluding steroid dienone is 1. The number of carbonyl (C=O) groups is 1. The van der Waals surface area contributed by atoms with Crippen molar-refractivity contribution in [2.24, 2.45) is 0 Å². The zero-order valence-electron chi connectivity index (χ0n) is 10.7. The van der Waals surface area contributed by atoms with E-state index in [1.54, 1.807) is 0 Å². The van der Waals surface area contributed by atoms with Gasteiger partial charge < -0.3 is 5.32 Å². The van der Waals surface area contributed by atoms with Crippen LogP contribution in [0.3, 0.4) is 0 Å². The number of benzene rings is 1. The fourth-order valence-corrected chi connectivity index (χ4v) is 2.24. The molecule has 0 saturated carbocycles. The Hall–Kier alpha value is -1.71. The van der Waals surface area contributed by atoms with Crippen LogP contribution in [-0.4, -0.2) is 12.5 Å². The number of halogens is 2. The Morgan fingerprint density at radius 3 is 2.84 bits per heavy atom. The van der Waals surface area contributed by atoms with Crippen LogP contribution in [0.4, 0.5) is 8.78 Å². The maximum Gasteiger partial charge on any atom is 0.254 e. The minimum absolute atomic E-state index is 0.238. The zero-order valence-corrected chi connectivity index (χ0v) is 10.7. The third kappa shape index (κ3) is 3.63. The molecule has 0 radical (unpaired) electrons. The molecule has 0 aromatic heterocycles. The van der Waals surface area contributed by atoms with Gasteiger partial charge in [0, 0.05) is 6.54 Å². The van der Waals surface area contributed by atoms with Crippen LogP contribution in [0.5, 0.6) is 0 Å². The largest absolute Gasteiger partial charge is 0.352 e. The van der Waals surface area contributed by atoms with E-state index in [0.717, 1.165) is 25.3 Å². The lowest BCUT2D eigenvalue weighted by molar-refractivity contribution is 0.0949. The number of rotatable bonds is 4. The molecule has 0 spiro atoms. The summed E-state index contributed by atoms with van der Waals surface area (Å²) < 4.78 is 26.4. The van der Waals surface area contributed by atoms with Crippen molar-refractivity contribution in [2.75, 3.05) is 6.54 Å². The predicted molar refractivity (Wildman–Crippen MR) is 69.9 cm³/mol. The van der Waals surface area contributed by atoms with Crippen molar-refractivity contribution in [3.05, 3.63) is 47.0 Å². The predicted octanol–water partition coefficient (Wildman–Crippen LogP) is 3.59. The molecule has 0 saturated heterocycles. The second-order valence-corrected chi connectivity index (χ2v) is 4.72. The summed E-state index contributed by atoms with van der Waals surface area (Å²) in [5, 5.41) is 2.63. The van der Waals surface area contributed by atoms with Crippen LogP contribution in [0, 0.1) is 11.6 Å². The maximum absolute atomic E-state index is 13.4. The van der Waals surface area contributed by atoms with Crippen molar-refractivity contribution in [2.45, 2.75) is 32.1 Å². The average molecular weight is 265 g/mol. The Morgan fingerprint density at radius 1 is 1.26 bits per heavy atom. The van der Waals surface area contributed by atoms with E-state index >= 15 is 0 Å². The lowest BCUT2D eigenvalue weighted by Gasteiger charge is -2.13. The Labute approximate surface area is 111 Å². The summed E-state index contributed by atoms with van der Waals surface area (Å²) >= 11 is 0. The van der Waals surface area contributed by atoms with Crippen LogP contribution in [0.25, 0.3) is 0 Å². The highest BCUT2D eigenvalue weighted by Gasteiger charge is 2.14. The molecule has 1 N–H and O–H groups in total. The molecule has 0 fully saturated rings. The summed E-state index contributed by atoms with van der Waals surface area (Å²) in [6, 6.07) is 3.61. The minimum atomic E-state index is -1.09. The summed E-state index contributed by atoms with van der Waals surface area (Å²) in [7, 11) is 0. The first-order valence-electron chi connectivity index (χ1n) is 6.58. The van der Waals surface area contributed by atoms with Gasteiger partial charge in [0.05, 0.1) is 5.56 Å². The standard InChI is InChI=1S/C15H17F2NO/c16-13-8-4-7-12(14(13)17)15(19)18-10-9-11-5-2-1-3-6-11/h4-5,7-8H,1-3,6,9-10H2,(H,18,19). The van der Waals surface area contributed by atoms with Crippen molar-refractivity contribution in [1.29, 1.82) is 0 Å². The summed E-state index contributed by atoms with van der Waals surface area (Å²) in [6.45, 7) is 0.459. The molecule has 102 valence electrons. The van der Waals surface area contributed by atoms with Crippen LogP contribution in [0.2, 0.25) is 0 Å². The molecule has 0 heterocycles. The summed E-state index contributed by atoms with van der Waals surface area (Å²) in [4.78, 5) is 11.7. The number of hydrogen-bond acceptors (Lipinski definition) is 1. The Bertz CT molecular complexity index is 497. The van der Waals surface area contributed by atoms with Gasteiger partial charge in [-0.2, -0.15) is 0 Å². The topological polar surface area (TPSA) is 29.1 Å². The number of nitrogens with one attached hydrogen (secondary N) is 1. The molecule has 1 aromatic rings. The van der Waals surface area contributed by atoms with Crippen molar-refractivity contribution in [3.63, 3.8) is 0 Å². The monoisotopic (exact) mass is 265 g/mol. The van der Waals surface area contributed by atoms with Gasteiger partial charge in [0.15, 0.2) is 11.6 Å². The Kier molecular flexibility index (Phi) is 4.66. The maximum atomic E-state index is 13.4. The molecular formula is C15H17F2NO. The fourth-order valence-electron chi connectivity index (χ4n) is 2.24. The fraction of sp³-hybridized carbons (Fsp3) is 0.400. The molecule has 1 aliphatic carbocycles. The smallest absolute Gasteiger partial charge is 0.254 e. The van der Waals surface area contributed by atoms with Gasteiger partial charge >= 0.3 is 0 Å². The van der Waals surface area contributed by atoms with Crippen LogP contribution in [0.1, 0.15) is 42.5 Å². The van der Waals surface area contributed by atoms with E-state index in [2.05, 4.69) is 11.4 Å². The minimum Gasteiger partial charge on any atom is -0.352 e. The van der Waals surface area contributed by atoms with Crippen molar-refractivity contribution >= 4 is 5.91 Å². The van der Waals surface area contributed by atoms with Gasteiger partial charge in [-0.15, -0.1) is 0 Å². The van der Waals surface area contributed by atoms with E-state index in [-0.39, 0.29) is 5.56 Å². The second kappa shape index (κ2) is 6.45. The molecule has 0 aliphatic heterocycles. The molecule has 1 amide bonds.